The summed E-state index contributed by atoms with van der Waals surface area (Å²) in [6.07, 6.45) is 0.262. The van der Waals surface area contributed by atoms with Crippen molar-refractivity contribution in [3.05, 3.63) is 58.1 Å². The van der Waals surface area contributed by atoms with Gasteiger partial charge in [-0.1, -0.05) is 17.7 Å². The molecule has 3 rings (SSSR count). The Balaban J connectivity index is 1.93. The fraction of sp³-hybridized carbons (Fsp3) is 0.143. The van der Waals surface area contributed by atoms with Crippen LogP contribution in [0.15, 0.2) is 30.3 Å². The van der Waals surface area contributed by atoms with Crippen molar-refractivity contribution in [2.45, 2.75) is 12.5 Å². The topological polar surface area (TPSA) is 45.9 Å². The fourth-order valence-corrected chi connectivity index (χ4v) is 2.28. The van der Waals surface area contributed by atoms with E-state index < -0.39 is 5.82 Å². The summed E-state index contributed by atoms with van der Waals surface area (Å²) in [7, 11) is 0. The molecule has 1 atom stereocenters. The summed E-state index contributed by atoms with van der Waals surface area (Å²) >= 11 is 5.74. The minimum atomic E-state index is -0.500. The molecule has 2 heterocycles. The quantitative estimate of drug-likeness (QED) is 0.800. The zero-order valence-electron chi connectivity index (χ0n) is 9.73. The molecular formula is C14H8ClFN2O. The molecule has 0 spiro atoms. The second-order valence-electron chi connectivity index (χ2n) is 4.24. The number of hydrogen-bond donors (Lipinski definition) is 0. The molecule has 0 radical (unpaired) electrons. The monoisotopic (exact) mass is 274 g/mol. The van der Waals surface area contributed by atoms with E-state index in [1.165, 1.54) is 6.07 Å². The van der Waals surface area contributed by atoms with Gasteiger partial charge in [0.15, 0.2) is 0 Å². The Morgan fingerprint density at radius 1 is 1.42 bits per heavy atom. The van der Waals surface area contributed by atoms with Crippen LogP contribution in [0.5, 0.6) is 5.75 Å². The average molecular weight is 275 g/mol. The fourth-order valence-electron chi connectivity index (χ4n) is 2.09. The van der Waals surface area contributed by atoms with Crippen LogP contribution in [0.4, 0.5) is 4.39 Å². The normalized spacial score (nSPS) is 16.6. The Kier molecular flexibility index (Phi) is 2.84. The summed E-state index contributed by atoms with van der Waals surface area (Å²) in [6, 6.07) is 10.0. The van der Waals surface area contributed by atoms with E-state index in [1.807, 2.05) is 6.07 Å². The highest BCUT2D eigenvalue weighted by Gasteiger charge is 2.27. The maximum atomic E-state index is 13.4. The average Bonchev–Trinajstić information content (AvgIpc) is 2.82. The van der Waals surface area contributed by atoms with Gasteiger partial charge in [-0.3, -0.25) is 0 Å². The van der Waals surface area contributed by atoms with Crippen molar-refractivity contribution in [2.24, 2.45) is 0 Å². The molecule has 0 fully saturated rings. The van der Waals surface area contributed by atoms with Crippen molar-refractivity contribution >= 4 is 11.6 Å². The van der Waals surface area contributed by atoms with Crippen molar-refractivity contribution in [3.63, 3.8) is 0 Å². The van der Waals surface area contributed by atoms with Gasteiger partial charge in [-0.15, -0.1) is 0 Å². The van der Waals surface area contributed by atoms with Crippen LogP contribution in [0.2, 0.25) is 5.02 Å². The molecule has 2 aromatic rings. The first-order chi connectivity index (χ1) is 9.17. The van der Waals surface area contributed by atoms with Crippen molar-refractivity contribution in [2.75, 3.05) is 0 Å². The van der Waals surface area contributed by atoms with Gasteiger partial charge in [-0.05, 0) is 23.8 Å². The first-order valence-electron chi connectivity index (χ1n) is 5.69. The van der Waals surface area contributed by atoms with E-state index in [2.05, 4.69) is 4.98 Å². The van der Waals surface area contributed by atoms with E-state index in [1.54, 1.807) is 24.3 Å². The van der Waals surface area contributed by atoms with Gasteiger partial charge in [0.1, 0.15) is 29.4 Å². The molecule has 1 unspecified atom stereocenters. The maximum Gasteiger partial charge on any atom is 0.145 e. The Labute approximate surface area is 114 Å². The molecule has 0 saturated heterocycles. The number of hydrogen-bond acceptors (Lipinski definition) is 3. The summed E-state index contributed by atoms with van der Waals surface area (Å²) in [5, 5.41) is 8.92. The number of halogens is 2. The third kappa shape index (κ3) is 2.13. The molecule has 3 nitrogen and oxygen atoms in total. The van der Waals surface area contributed by atoms with Gasteiger partial charge in [-0.2, -0.15) is 5.26 Å². The van der Waals surface area contributed by atoms with Gasteiger partial charge < -0.3 is 4.74 Å². The van der Waals surface area contributed by atoms with Crippen LogP contribution in [0.3, 0.4) is 0 Å². The number of rotatable bonds is 1. The second-order valence-corrected chi connectivity index (χ2v) is 4.65. The van der Waals surface area contributed by atoms with E-state index in [0.29, 0.717) is 23.6 Å². The molecule has 0 N–H and O–H groups in total. The van der Waals surface area contributed by atoms with Gasteiger partial charge in [-0.25, -0.2) is 9.37 Å². The summed E-state index contributed by atoms with van der Waals surface area (Å²) in [4.78, 5) is 4.19. The highest BCUT2D eigenvalue weighted by Crippen LogP contribution is 2.38. The number of benzene rings is 1. The maximum absolute atomic E-state index is 13.4. The van der Waals surface area contributed by atoms with Gasteiger partial charge in [0.05, 0.1) is 10.7 Å². The van der Waals surface area contributed by atoms with Crippen LogP contribution in [0.1, 0.15) is 23.1 Å². The van der Waals surface area contributed by atoms with Crippen molar-refractivity contribution in [3.8, 4) is 11.8 Å². The Bertz CT molecular complexity index is 665. The molecule has 19 heavy (non-hydrogen) atoms. The molecule has 1 aliphatic heterocycles. The lowest BCUT2D eigenvalue weighted by Gasteiger charge is -2.09. The van der Waals surface area contributed by atoms with Crippen LogP contribution < -0.4 is 4.74 Å². The summed E-state index contributed by atoms with van der Waals surface area (Å²) < 4.78 is 19.0. The summed E-state index contributed by atoms with van der Waals surface area (Å²) in [6.45, 7) is 0. The van der Waals surface area contributed by atoms with Crippen molar-refractivity contribution in [1.82, 2.24) is 4.98 Å². The lowest BCUT2D eigenvalue weighted by molar-refractivity contribution is 0.232. The Hall–Kier alpha value is -2.12. The van der Waals surface area contributed by atoms with Gasteiger partial charge in [0.2, 0.25) is 0 Å². The predicted molar refractivity (Wildman–Crippen MR) is 67.4 cm³/mol. The Morgan fingerprint density at radius 3 is 3.05 bits per heavy atom. The third-order valence-electron chi connectivity index (χ3n) is 2.99. The van der Waals surface area contributed by atoms with Gasteiger partial charge >= 0.3 is 0 Å². The van der Waals surface area contributed by atoms with Crippen molar-refractivity contribution in [1.29, 1.82) is 5.26 Å². The minimum Gasteiger partial charge on any atom is -0.483 e. The zero-order valence-corrected chi connectivity index (χ0v) is 10.5. The van der Waals surface area contributed by atoms with E-state index in [4.69, 9.17) is 21.6 Å². The first kappa shape index (κ1) is 11.9. The van der Waals surface area contributed by atoms with E-state index in [-0.39, 0.29) is 11.1 Å². The number of fused-ring (bicyclic) bond motifs is 1. The molecular weight excluding hydrogens is 267 g/mol. The molecule has 0 amide bonds. The molecule has 0 aliphatic carbocycles. The lowest BCUT2D eigenvalue weighted by Crippen LogP contribution is -2.06. The SMILES string of the molecule is N#Cc1cccc(C2Cc3cc(Cl)c(F)cc3O2)n1. The summed E-state index contributed by atoms with van der Waals surface area (Å²) in [5.41, 5.74) is 1.84. The Morgan fingerprint density at radius 2 is 2.26 bits per heavy atom. The largest absolute Gasteiger partial charge is 0.483 e. The molecule has 1 aromatic carbocycles. The van der Waals surface area contributed by atoms with Crippen molar-refractivity contribution < 1.29 is 9.13 Å². The van der Waals surface area contributed by atoms with Gasteiger partial charge in [0.25, 0.3) is 0 Å². The van der Waals surface area contributed by atoms with Crippen LogP contribution in [0, 0.1) is 17.1 Å². The van der Waals surface area contributed by atoms with E-state index in [9.17, 15) is 4.39 Å². The smallest absolute Gasteiger partial charge is 0.145 e. The highest BCUT2D eigenvalue weighted by molar-refractivity contribution is 6.30. The zero-order chi connectivity index (χ0) is 13.4. The number of pyridine rings is 1. The number of ether oxygens (including phenoxy) is 1. The van der Waals surface area contributed by atoms with Crippen LogP contribution in [-0.2, 0) is 6.42 Å². The molecule has 5 heteroatoms. The molecule has 94 valence electrons. The summed E-state index contributed by atoms with van der Waals surface area (Å²) in [5.74, 6) is -0.0177. The highest BCUT2D eigenvalue weighted by atomic mass is 35.5. The van der Waals surface area contributed by atoms with Crippen LogP contribution in [-0.4, -0.2) is 4.98 Å². The van der Waals surface area contributed by atoms with Gasteiger partial charge in [0, 0.05) is 12.5 Å². The van der Waals surface area contributed by atoms with E-state index in [0.717, 1.165) is 5.56 Å². The molecule has 0 bridgehead atoms. The van der Waals surface area contributed by atoms with Crippen LogP contribution >= 0.6 is 11.6 Å². The lowest BCUT2D eigenvalue weighted by atomic mass is 10.1. The van der Waals surface area contributed by atoms with E-state index >= 15 is 0 Å². The minimum absolute atomic E-state index is 0.0849. The standard InChI is InChI=1S/C14H8ClFN2O/c15-10-4-8-5-14(19-13(8)6-11(10)16)12-3-1-2-9(7-17)18-12/h1-4,6,14H,5H2. The third-order valence-corrected chi connectivity index (χ3v) is 3.28. The first-order valence-corrected chi connectivity index (χ1v) is 6.07. The molecule has 1 aliphatic rings. The van der Waals surface area contributed by atoms with Crippen LogP contribution in [0.25, 0.3) is 0 Å². The number of aromatic nitrogens is 1. The number of nitriles is 1. The number of nitrogens with zero attached hydrogens (tertiary/aromatic N) is 2. The second kappa shape index (κ2) is 4.52. The predicted octanol–water partition coefficient (Wildman–Crippen LogP) is 3.42. The molecule has 0 saturated carbocycles. The molecule has 1 aromatic heterocycles.